The summed E-state index contributed by atoms with van der Waals surface area (Å²) in [5.41, 5.74) is 0.0944. The Bertz CT molecular complexity index is 716. The van der Waals surface area contributed by atoms with Crippen molar-refractivity contribution in [2.24, 2.45) is 0 Å². The van der Waals surface area contributed by atoms with Gasteiger partial charge >= 0.3 is 6.09 Å². The first-order chi connectivity index (χ1) is 12.7. The maximum Gasteiger partial charge on any atom is 0.407 e. The van der Waals surface area contributed by atoms with Crippen LogP contribution in [0.25, 0.3) is 0 Å². The maximum atomic E-state index is 12.6. The predicted octanol–water partition coefficient (Wildman–Crippen LogP) is 2.03. The third-order valence-corrected chi connectivity index (χ3v) is 4.60. The summed E-state index contributed by atoms with van der Waals surface area (Å²) in [6.07, 6.45) is 0.928. The number of amides is 2. The Morgan fingerprint density at radius 3 is 2.93 bits per heavy atom. The quantitative estimate of drug-likeness (QED) is 0.812. The van der Waals surface area contributed by atoms with Crippen LogP contribution in [0.15, 0.2) is 12.3 Å². The lowest BCUT2D eigenvalue weighted by Gasteiger charge is -2.28. The predicted molar refractivity (Wildman–Crippen MR) is 101 cm³/mol. The lowest BCUT2D eigenvalue weighted by molar-refractivity contribution is -0.117. The van der Waals surface area contributed by atoms with Crippen LogP contribution in [0.4, 0.5) is 10.6 Å². The molecule has 2 N–H and O–H groups in total. The molecular weight excluding hydrogens is 372 g/mol. The van der Waals surface area contributed by atoms with Gasteiger partial charge in [-0.2, -0.15) is 0 Å². The van der Waals surface area contributed by atoms with E-state index in [1.807, 2.05) is 0 Å². The second kappa shape index (κ2) is 8.00. The fourth-order valence-corrected chi connectivity index (χ4v) is 3.45. The van der Waals surface area contributed by atoms with E-state index in [4.69, 9.17) is 21.1 Å². The molecule has 2 aliphatic heterocycles. The topological polar surface area (TPSA) is 92.8 Å². The molecule has 148 valence electrons. The van der Waals surface area contributed by atoms with E-state index >= 15 is 0 Å². The van der Waals surface area contributed by atoms with Gasteiger partial charge in [-0.05, 0) is 26.8 Å². The van der Waals surface area contributed by atoms with Crippen molar-refractivity contribution >= 4 is 29.4 Å². The van der Waals surface area contributed by atoms with Gasteiger partial charge in [0, 0.05) is 37.8 Å². The smallest absolute Gasteiger partial charge is 0.407 e. The molecule has 1 aromatic heterocycles. The summed E-state index contributed by atoms with van der Waals surface area (Å²) < 4.78 is 11.1. The molecule has 0 aromatic carbocycles. The Balaban J connectivity index is 1.76. The van der Waals surface area contributed by atoms with Gasteiger partial charge in [0.25, 0.3) is 0 Å². The number of carbonyl (C=O) groups excluding carboxylic acids is 2. The SMILES string of the molecule is CC(C)(C)OC(=O)NC1CC(=O)N(c2nccc(Cl)c2C2CNCCO2)C1. The van der Waals surface area contributed by atoms with Crippen molar-refractivity contribution in [1.29, 1.82) is 0 Å². The number of halogens is 1. The van der Waals surface area contributed by atoms with Gasteiger partial charge in [0.15, 0.2) is 0 Å². The van der Waals surface area contributed by atoms with E-state index in [0.717, 1.165) is 6.54 Å². The number of ether oxygens (including phenoxy) is 2. The van der Waals surface area contributed by atoms with Gasteiger partial charge < -0.3 is 20.1 Å². The van der Waals surface area contributed by atoms with E-state index in [9.17, 15) is 9.59 Å². The monoisotopic (exact) mass is 396 g/mol. The largest absolute Gasteiger partial charge is 0.444 e. The Labute approximate surface area is 163 Å². The summed E-state index contributed by atoms with van der Waals surface area (Å²) >= 11 is 6.41. The summed E-state index contributed by atoms with van der Waals surface area (Å²) in [5, 5.41) is 6.51. The second-order valence-corrected chi connectivity index (χ2v) is 8.05. The molecule has 1 aromatic rings. The van der Waals surface area contributed by atoms with Crippen molar-refractivity contribution in [3.8, 4) is 0 Å². The molecule has 2 saturated heterocycles. The highest BCUT2D eigenvalue weighted by molar-refractivity contribution is 6.31. The van der Waals surface area contributed by atoms with Gasteiger partial charge in [0.05, 0.1) is 23.8 Å². The number of anilines is 1. The van der Waals surface area contributed by atoms with Gasteiger partial charge in [-0.25, -0.2) is 9.78 Å². The van der Waals surface area contributed by atoms with E-state index in [1.165, 1.54) is 0 Å². The molecule has 0 bridgehead atoms. The minimum absolute atomic E-state index is 0.129. The van der Waals surface area contributed by atoms with Crippen molar-refractivity contribution in [1.82, 2.24) is 15.6 Å². The summed E-state index contributed by atoms with van der Waals surface area (Å²) in [5.74, 6) is 0.352. The molecule has 0 saturated carbocycles. The number of carbonyl (C=O) groups is 2. The molecule has 2 atom stereocenters. The number of nitrogens with one attached hydrogen (secondary N) is 2. The molecular formula is C18H25ClN4O4. The molecule has 0 aliphatic carbocycles. The zero-order chi connectivity index (χ0) is 19.6. The summed E-state index contributed by atoms with van der Waals surface area (Å²) in [6.45, 7) is 7.61. The molecule has 9 heteroatoms. The lowest BCUT2D eigenvalue weighted by Crippen LogP contribution is -2.41. The van der Waals surface area contributed by atoms with Crippen LogP contribution in [0, 0.1) is 0 Å². The zero-order valence-electron chi connectivity index (χ0n) is 15.8. The average Bonchev–Trinajstić information content (AvgIpc) is 2.93. The average molecular weight is 397 g/mol. The van der Waals surface area contributed by atoms with Gasteiger partial charge in [-0.3, -0.25) is 9.69 Å². The van der Waals surface area contributed by atoms with Crippen LogP contribution < -0.4 is 15.5 Å². The minimum atomic E-state index is -0.598. The summed E-state index contributed by atoms with van der Waals surface area (Å²) in [4.78, 5) is 30.5. The molecule has 2 aliphatic rings. The molecule has 3 heterocycles. The van der Waals surface area contributed by atoms with Crippen molar-refractivity contribution in [3.05, 3.63) is 22.8 Å². The summed E-state index contributed by atoms with van der Waals surface area (Å²) in [7, 11) is 0. The molecule has 3 rings (SSSR count). The Kier molecular flexibility index (Phi) is 5.88. The number of alkyl carbamates (subject to hydrolysis) is 1. The molecule has 0 radical (unpaired) electrons. The van der Waals surface area contributed by atoms with Gasteiger partial charge in [0.1, 0.15) is 11.4 Å². The first-order valence-electron chi connectivity index (χ1n) is 9.01. The van der Waals surface area contributed by atoms with Gasteiger partial charge in [-0.15, -0.1) is 0 Å². The van der Waals surface area contributed by atoms with Crippen LogP contribution in [-0.4, -0.2) is 54.9 Å². The van der Waals surface area contributed by atoms with Crippen molar-refractivity contribution in [3.63, 3.8) is 0 Å². The molecule has 2 unspecified atom stereocenters. The number of rotatable bonds is 3. The van der Waals surface area contributed by atoms with Crippen LogP contribution >= 0.6 is 11.6 Å². The van der Waals surface area contributed by atoms with E-state index in [1.54, 1.807) is 37.9 Å². The third kappa shape index (κ3) is 4.88. The highest BCUT2D eigenvalue weighted by Crippen LogP contribution is 2.35. The number of pyridine rings is 1. The lowest BCUT2D eigenvalue weighted by atomic mass is 10.1. The summed E-state index contributed by atoms with van der Waals surface area (Å²) in [6, 6.07) is 1.33. The second-order valence-electron chi connectivity index (χ2n) is 7.65. The minimum Gasteiger partial charge on any atom is -0.444 e. The van der Waals surface area contributed by atoms with Crippen molar-refractivity contribution < 1.29 is 19.1 Å². The fraction of sp³-hybridized carbons (Fsp3) is 0.611. The molecule has 27 heavy (non-hydrogen) atoms. The molecule has 8 nitrogen and oxygen atoms in total. The van der Waals surface area contributed by atoms with Crippen LogP contribution in [0.1, 0.15) is 38.9 Å². The van der Waals surface area contributed by atoms with E-state index < -0.39 is 11.7 Å². The molecule has 0 spiro atoms. The number of nitrogens with zero attached hydrogens (tertiary/aromatic N) is 2. The van der Waals surface area contributed by atoms with Gasteiger partial charge in [-0.1, -0.05) is 11.6 Å². The fourth-order valence-electron chi connectivity index (χ4n) is 3.19. The number of aromatic nitrogens is 1. The van der Waals surface area contributed by atoms with E-state index in [0.29, 0.717) is 36.1 Å². The highest BCUT2D eigenvalue weighted by atomic mass is 35.5. The Morgan fingerprint density at radius 2 is 2.26 bits per heavy atom. The number of hydrogen-bond acceptors (Lipinski definition) is 6. The standard InChI is InChI=1S/C18H25ClN4O4/c1-18(2,3)27-17(25)22-11-8-14(24)23(10-11)16-15(12(19)4-5-21-16)13-9-20-6-7-26-13/h4-5,11,13,20H,6-10H2,1-3H3,(H,22,25). The number of morpholine rings is 1. The Morgan fingerprint density at radius 1 is 1.48 bits per heavy atom. The van der Waals surface area contributed by atoms with E-state index in [2.05, 4.69) is 15.6 Å². The van der Waals surface area contributed by atoms with Crippen LogP contribution in [-0.2, 0) is 14.3 Å². The Hall–Kier alpha value is -1.90. The highest BCUT2D eigenvalue weighted by Gasteiger charge is 2.36. The zero-order valence-corrected chi connectivity index (χ0v) is 16.5. The first kappa shape index (κ1) is 19.9. The third-order valence-electron chi connectivity index (χ3n) is 4.27. The van der Waals surface area contributed by atoms with Crippen molar-refractivity contribution in [2.75, 3.05) is 31.1 Å². The normalized spacial score (nSPS) is 23.4. The van der Waals surface area contributed by atoms with Crippen LogP contribution in [0.3, 0.4) is 0 Å². The van der Waals surface area contributed by atoms with Crippen LogP contribution in [0.5, 0.6) is 0 Å². The molecule has 2 fully saturated rings. The van der Waals surface area contributed by atoms with Crippen LogP contribution in [0.2, 0.25) is 5.02 Å². The van der Waals surface area contributed by atoms with Crippen molar-refractivity contribution in [2.45, 2.75) is 44.9 Å². The van der Waals surface area contributed by atoms with E-state index in [-0.39, 0.29) is 24.5 Å². The van der Waals surface area contributed by atoms with Gasteiger partial charge in [0.2, 0.25) is 5.91 Å². The molecule has 2 amide bonds. The first-order valence-corrected chi connectivity index (χ1v) is 9.39. The number of hydrogen-bond donors (Lipinski definition) is 2. The maximum absolute atomic E-state index is 12.6.